The molecule has 0 spiro atoms. The zero-order chi connectivity index (χ0) is 17.7. The number of aryl methyl sites for hydroxylation is 1. The van der Waals surface area contributed by atoms with Gasteiger partial charge in [-0.2, -0.15) is 0 Å². The number of carboxylic acids is 1. The maximum absolute atomic E-state index is 12.3. The summed E-state index contributed by atoms with van der Waals surface area (Å²) in [5, 5.41) is 8.84. The van der Waals surface area contributed by atoms with Crippen LogP contribution in [0, 0.1) is 5.92 Å². The Bertz CT molecular complexity index is 564. The number of likely N-dealkylation sites (tertiary alicyclic amines) is 1. The van der Waals surface area contributed by atoms with Crippen LogP contribution in [0.25, 0.3) is 0 Å². The van der Waals surface area contributed by atoms with Crippen molar-refractivity contribution in [1.82, 2.24) is 4.90 Å². The Balaban J connectivity index is 1.78. The van der Waals surface area contributed by atoms with Gasteiger partial charge >= 0.3 is 5.97 Å². The van der Waals surface area contributed by atoms with E-state index in [1.807, 2.05) is 4.90 Å². The van der Waals surface area contributed by atoms with E-state index in [4.69, 9.17) is 5.11 Å². The Labute approximate surface area is 144 Å². The minimum Gasteiger partial charge on any atom is -0.481 e. The Hall–Kier alpha value is -1.84. The average Bonchev–Trinajstić information content (AvgIpc) is 2.52. The van der Waals surface area contributed by atoms with Crippen molar-refractivity contribution in [1.29, 1.82) is 0 Å². The van der Waals surface area contributed by atoms with Gasteiger partial charge in [0.05, 0.1) is 0 Å². The second kappa shape index (κ2) is 7.82. The molecule has 2 rings (SSSR count). The topological polar surface area (TPSA) is 57.6 Å². The summed E-state index contributed by atoms with van der Waals surface area (Å²) >= 11 is 0. The van der Waals surface area contributed by atoms with Crippen molar-refractivity contribution in [2.45, 2.75) is 58.3 Å². The summed E-state index contributed by atoms with van der Waals surface area (Å²) in [6.07, 6.45) is 3.12. The molecule has 132 valence electrons. The molecule has 1 heterocycles. The average molecular weight is 331 g/mol. The molecule has 0 unspecified atom stereocenters. The summed E-state index contributed by atoms with van der Waals surface area (Å²) in [7, 11) is 0. The molecular formula is C20H29NO3. The van der Waals surface area contributed by atoms with Gasteiger partial charge in [0, 0.05) is 25.9 Å². The first kappa shape index (κ1) is 18.5. The van der Waals surface area contributed by atoms with Crippen LogP contribution in [0.3, 0.4) is 0 Å². The van der Waals surface area contributed by atoms with Gasteiger partial charge in [0.1, 0.15) is 0 Å². The number of rotatable bonds is 5. The molecule has 0 bridgehead atoms. The fourth-order valence-corrected chi connectivity index (χ4v) is 3.21. The summed E-state index contributed by atoms with van der Waals surface area (Å²) in [6.45, 7) is 7.97. The molecule has 0 saturated carbocycles. The lowest BCUT2D eigenvalue weighted by atomic mass is 9.86. The second-order valence-electron chi connectivity index (χ2n) is 7.87. The molecule has 1 aromatic carbocycles. The van der Waals surface area contributed by atoms with Crippen molar-refractivity contribution < 1.29 is 14.7 Å². The van der Waals surface area contributed by atoms with Gasteiger partial charge in [0.15, 0.2) is 0 Å². The van der Waals surface area contributed by atoms with E-state index in [-0.39, 0.29) is 23.7 Å². The van der Waals surface area contributed by atoms with Crippen LogP contribution < -0.4 is 0 Å². The highest BCUT2D eigenvalue weighted by Gasteiger charge is 2.24. The van der Waals surface area contributed by atoms with Crippen molar-refractivity contribution in [2.75, 3.05) is 13.1 Å². The fourth-order valence-electron chi connectivity index (χ4n) is 3.21. The Kier molecular flexibility index (Phi) is 6.03. The second-order valence-corrected chi connectivity index (χ2v) is 7.87. The largest absolute Gasteiger partial charge is 0.481 e. The van der Waals surface area contributed by atoms with Crippen molar-refractivity contribution in [3.05, 3.63) is 35.4 Å². The number of carbonyl (C=O) groups is 2. The van der Waals surface area contributed by atoms with Crippen LogP contribution in [0.2, 0.25) is 0 Å². The molecule has 1 fully saturated rings. The van der Waals surface area contributed by atoms with Crippen LogP contribution in [-0.4, -0.2) is 35.0 Å². The van der Waals surface area contributed by atoms with E-state index in [1.165, 1.54) is 11.1 Å². The first-order chi connectivity index (χ1) is 11.3. The van der Waals surface area contributed by atoms with Gasteiger partial charge in [0.2, 0.25) is 5.91 Å². The third-order valence-electron chi connectivity index (χ3n) is 4.88. The molecule has 0 aliphatic carbocycles. The minimum absolute atomic E-state index is 0.147. The van der Waals surface area contributed by atoms with E-state index in [0.717, 1.165) is 19.3 Å². The molecule has 0 aromatic heterocycles. The molecule has 1 aliphatic rings. The third kappa shape index (κ3) is 5.36. The Morgan fingerprint density at radius 3 is 2.21 bits per heavy atom. The number of amides is 1. The summed E-state index contributed by atoms with van der Waals surface area (Å²) in [6, 6.07) is 8.54. The van der Waals surface area contributed by atoms with Gasteiger partial charge in [-0.05, 0) is 41.7 Å². The van der Waals surface area contributed by atoms with E-state index in [2.05, 4.69) is 45.0 Å². The van der Waals surface area contributed by atoms with Crippen molar-refractivity contribution in [3.8, 4) is 0 Å². The van der Waals surface area contributed by atoms with Crippen LogP contribution >= 0.6 is 0 Å². The van der Waals surface area contributed by atoms with E-state index in [0.29, 0.717) is 19.5 Å². The zero-order valence-corrected chi connectivity index (χ0v) is 15.0. The number of nitrogens with zero attached hydrogens (tertiary/aromatic N) is 1. The molecule has 4 heteroatoms. The quantitative estimate of drug-likeness (QED) is 0.896. The van der Waals surface area contributed by atoms with Crippen molar-refractivity contribution >= 4 is 11.9 Å². The lowest BCUT2D eigenvalue weighted by molar-refractivity contribution is -0.138. The third-order valence-corrected chi connectivity index (χ3v) is 4.88. The summed E-state index contributed by atoms with van der Waals surface area (Å²) in [4.78, 5) is 25.0. The van der Waals surface area contributed by atoms with Crippen LogP contribution in [0.15, 0.2) is 24.3 Å². The maximum atomic E-state index is 12.3. The van der Waals surface area contributed by atoms with Gasteiger partial charge in [-0.3, -0.25) is 9.59 Å². The summed E-state index contributed by atoms with van der Waals surface area (Å²) < 4.78 is 0. The number of carboxylic acid groups (broad SMARTS) is 1. The predicted octanol–water partition coefficient (Wildman–Crippen LogP) is 3.63. The molecule has 1 saturated heterocycles. The minimum atomic E-state index is -0.738. The lowest BCUT2D eigenvalue weighted by Gasteiger charge is -2.31. The van der Waals surface area contributed by atoms with Gasteiger partial charge in [-0.25, -0.2) is 0 Å². The van der Waals surface area contributed by atoms with Crippen LogP contribution in [0.1, 0.15) is 57.6 Å². The van der Waals surface area contributed by atoms with Crippen LogP contribution in [0.4, 0.5) is 0 Å². The molecule has 1 aromatic rings. The molecule has 1 N–H and O–H groups in total. The summed E-state index contributed by atoms with van der Waals surface area (Å²) in [5.74, 6) is -0.335. The van der Waals surface area contributed by atoms with Crippen molar-refractivity contribution in [3.63, 3.8) is 0 Å². The Morgan fingerprint density at radius 1 is 1.12 bits per heavy atom. The van der Waals surface area contributed by atoms with Gasteiger partial charge in [-0.1, -0.05) is 45.0 Å². The molecule has 24 heavy (non-hydrogen) atoms. The molecule has 1 amide bonds. The first-order valence-corrected chi connectivity index (χ1v) is 8.84. The smallest absolute Gasteiger partial charge is 0.303 e. The molecule has 0 atom stereocenters. The highest BCUT2D eigenvalue weighted by molar-refractivity contribution is 5.76. The normalized spacial score (nSPS) is 16.2. The summed E-state index contributed by atoms with van der Waals surface area (Å²) in [5.41, 5.74) is 2.64. The highest BCUT2D eigenvalue weighted by atomic mass is 16.4. The number of carbonyl (C=O) groups excluding carboxylic acids is 1. The van der Waals surface area contributed by atoms with E-state index in [9.17, 15) is 9.59 Å². The number of aliphatic carboxylic acids is 1. The number of hydrogen-bond acceptors (Lipinski definition) is 2. The molecule has 1 aliphatic heterocycles. The molecule has 4 nitrogen and oxygen atoms in total. The van der Waals surface area contributed by atoms with E-state index in [1.54, 1.807) is 0 Å². The van der Waals surface area contributed by atoms with Crippen LogP contribution in [0.5, 0.6) is 0 Å². The van der Waals surface area contributed by atoms with Crippen molar-refractivity contribution in [2.24, 2.45) is 5.92 Å². The molecule has 0 radical (unpaired) electrons. The number of hydrogen-bond donors (Lipinski definition) is 1. The fraction of sp³-hybridized carbons (Fsp3) is 0.600. The number of benzene rings is 1. The predicted molar refractivity (Wildman–Crippen MR) is 95.0 cm³/mol. The Morgan fingerprint density at radius 2 is 1.71 bits per heavy atom. The number of piperidine rings is 1. The first-order valence-electron chi connectivity index (χ1n) is 8.84. The van der Waals surface area contributed by atoms with Crippen LogP contribution in [-0.2, 0) is 21.4 Å². The van der Waals surface area contributed by atoms with E-state index < -0.39 is 5.97 Å². The standard InChI is InChI=1S/C20H29NO3/c1-20(2,3)17-7-4-15(5-8-17)6-9-18(22)21-12-10-16(11-13-21)14-19(23)24/h4-5,7-8,16H,6,9-14H2,1-3H3,(H,23,24). The zero-order valence-electron chi connectivity index (χ0n) is 15.0. The monoisotopic (exact) mass is 331 g/mol. The SMILES string of the molecule is CC(C)(C)c1ccc(CCC(=O)N2CCC(CC(=O)O)CC2)cc1. The lowest BCUT2D eigenvalue weighted by Crippen LogP contribution is -2.39. The van der Waals surface area contributed by atoms with Gasteiger partial charge in [-0.15, -0.1) is 0 Å². The molecular weight excluding hydrogens is 302 g/mol. The van der Waals surface area contributed by atoms with Gasteiger partial charge < -0.3 is 10.0 Å². The van der Waals surface area contributed by atoms with Gasteiger partial charge in [0.25, 0.3) is 0 Å². The van der Waals surface area contributed by atoms with E-state index >= 15 is 0 Å². The highest BCUT2D eigenvalue weighted by Crippen LogP contribution is 2.23. The maximum Gasteiger partial charge on any atom is 0.303 e.